The summed E-state index contributed by atoms with van der Waals surface area (Å²) >= 11 is 0. The van der Waals surface area contributed by atoms with Gasteiger partial charge in [-0.2, -0.15) is 0 Å². The Kier molecular flexibility index (Phi) is 7.00. The van der Waals surface area contributed by atoms with E-state index in [1.54, 1.807) is 0 Å². The Balaban J connectivity index is 1.34. The molecular formula is C54H41OP. The van der Waals surface area contributed by atoms with Gasteiger partial charge in [-0.3, -0.25) is 0 Å². The van der Waals surface area contributed by atoms with Gasteiger partial charge in [0.25, 0.3) is 0 Å². The fraction of sp³-hybridized carbons (Fsp3) is 0.111. The molecule has 0 saturated heterocycles. The van der Waals surface area contributed by atoms with Crippen molar-refractivity contribution in [1.29, 1.82) is 0 Å². The molecule has 0 aliphatic heterocycles. The van der Waals surface area contributed by atoms with Gasteiger partial charge in [0.2, 0.25) is 0 Å². The van der Waals surface area contributed by atoms with E-state index in [0.717, 1.165) is 37.5 Å². The van der Waals surface area contributed by atoms with E-state index in [1.165, 1.54) is 66.4 Å². The predicted octanol–water partition coefficient (Wildman–Crippen LogP) is 13.1. The standard InChI is InChI=1S/C54H41OP/c1-53(2)44-29-17-15-27-41(44)49-46(53)32-31-38-43(33-47-50(51(38)49)42-28-16-18-30-45(42)54(47,3)4)48-36-23-11-13-25-39(36)52(40-26-14-12-24-37(40)48)56(55,34-19-7-5-8-20-34)35-21-9-6-10-22-35/h5-33H,1-4H3. The van der Waals surface area contributed by atoms with Gasteiger partial charge in [-0.25, -0.2) is 0 Å². The molecule has 0 N–H and O–H groups in total. The molecule has 0 aromatic heterocycles. The van der Waals surface area contributed by atoms with Crippen molar-refractivity contribution in [2.45, 2.75) is 38.5 Å². The maximum atomic E-state index is 16.4. The van der Waals surface area contributed by atoms with Crippen LogP contribution in [0.15, 0.2) is 176 Å². The van der Waals surface area contributed by atoms with E-state index >= 15 is 4.57 Å². The van der Waals surface area contributed by atoms with E-state index in [1.807, 2.05) is 60.7 Å². The van der Waals surface area contributed by atoms with Crippen molar-refractivity contribution in [3.63, 3.8) is 0 Å². The van der Waals surface area contributed by atoms with Gasteiger partial charge in [-0.15, -0.1) is 0 Å². The molecule has 2 aliphatic carbocycles. The van der Waals surface area contributed by atoms with Crippen LogP contribution in [0.5, 0.6) is 0 Å². The van der Waals surface area contributed by atoms with Crippen LogP contribution in [0.25, 0.3) is 65.7 Å². The van der Waals surface area contributed by atoms with E-state index in [9.17, 15) is 0 Å². The highest BCUT2D eigenvalue weighted by atomic mass is 31.2. The Labute approximate surface area is 328 Å². The monoisotopic (exact) mass is 736 g/mol. The first-order valence-corrected chi connectivity index (χ1v) is 21.4. The first-order valence-electron chi connectivity index (χ1n) is 19.7. The maximum Gasteiger partial charge on any atom is 0.172 e. The number of fused-ring (bicyclic) bond motifs is 11. The van der Waals surface area contributed by atoms with Crippen LogP contribution in [0.3, 0.4) is 0 Å². The fourth-order valence-electron chi connectivity index (χ4n) is 10.5. The Morgan fingerprint density at radius 2 is 0.786 bits per heavy atom. The lowest BCUT2D eigenvalue weighted by molar-refractivity contribution is 0.593. The van der Waals surface area contributed by atoms with E-state index in [-0.39, 0.29) is 10.8 Å². The molecule has 56 heavy (non-hydrogen) atoms. The average molecular weight is 737 g/mol. The molecule has 0 fully saturated rings. The average Bonchev–Trinajstić information content (AvgIpc) is 3.62. The lowest BCUT2D eigenvalue weighted by Crippen LogP contribution is -2.26. The molecule has 0 atom stereocenters. The summed E-state index contributed by atoms with van der Waals surface area (Å²) in [4.78, 5) is 0. The van der Waals surface area contributed by atoms with Crippen LogP contribution in [0.1, 0.15) is 49.9 Å². The normalized spacial score (nSPS) is 14.8. The van der Waals surface area contributed by atoms with Gasteiger partial charge >= 0.3 is 0 Å². The van der Waals surface area contributed by atoms with Crippen molar-refractivity contribution in [3.8, 4) is 33.4 Å². The molecule has 2 aliphatic rings. The molecule has 2 heteroatoms. The first-order chi connectivity index (χ1) is 27.2. The zero-order valence-corrected chi connectivity index (χ0v) is 33.0. The SMILES string of the molecule is CC1(C)c2ccccc2-c2c1ccc1c(-c3c4ccccc4c(P(=O)(c4ccccc4)c4ccccc4)c4ccccc34)cc3c(c21)-c1ccccc1C3(C)C. The van der Waals surface area contributed by atoms with E-state index in [0.29, 0.717) is 0 Å². The van der Waals surface area contributed by atoms with Crippen LogP contribution in [-0.4, -0.2) is 0 Å². The Bertz CT molecular complexity index is 3030. The minimum atomic E-state index is -3.36. The van der Waals surface area contributed by atoms with E-state index in [4.69, 9.17) is 0 Å². The minimum Gasteiger partial charge on any atom is -0.309 e. The number of hydrogen-bond donors (Lipinski definition) is 0. The summed E-state index contributed by atoms with van der Waals surface area (Å²) in [6.45, 7) is 9.54. The van der Waals surface area contributed by atoms with Crippen molar-refractivity contribution in [2.24, 2.45) is 0 Å². The molecule has 0 bridgehead atoms. The quantitative estimate of drug-likeness (QED) is 0.130. The second-order valence-corrected chi connectivity index (χ2v) is 19.4. The lowest BCUT2D eigenvalue weighted by Gasteiger charge is -2.27. The number of benzene rings is 9. The molecule has 9 aromatic carbocycles. The maximum absolute atomic E-state index is 16.4. The first kappa shape index (κ1) is 33.3. The second-order valence-electron chi connectivity index (χ2n) is 16.7. The molecule has 11 rings (SSSR count). The second kappa shape index (κ2) is 11.8. The number of hydrogen-bond acceptors (Lipinski definition) is 1. The van der Waals surface area contributed by atoms with Gasteiger partial charge in [0.1, 0.15) is 0 Å². The summed E-state index contributed by atoms with van der Waals surface area (Å²) in [5.41, 5.74) is 12.9. The van der Waals surface area contributed by atoms with Gasteiger partial charge in [0.05, 0.1) is 0 Å². The molecule has 0 unspecified atom stereocenters. The summed E-state index contributed by atoms with van der Waals surface area (Å²) < 4.78 is 16.4. The minimum absolute atomic E-state index is 0.131. The van der Waals surface area contributed by atoms with Crippen LogP contribution < -0.4 is 15.9 Å². The van der Waals surface area contributed by atoms with Crippen LogP contribution in [0.4, 0.5) is 0 Å². The molecule has 0 radical (unpaired) electrons. The molecule has 0 heterocycles. The molecule has 0 spiro atoms. The van der Waals surface area contributed by atoms with Crippen molar-refractivity contribution in [1.82, 2.24) is 0 Å². The third-order valence-electron chi connectivity index (χ3n) is 13.1. The molecule has 9 aromatic rings. The van der Waals surface area contributed by atoms with Gasteiger partial charge in [0, 0.05) is 26.7 Å². The molecule has 1 nitrogen and oxygen atoms in total. The molecular weight excluding hydrogens is 696 g/mol. The van der Waals surface area contributed by atoms with Crippen molar-refractivity contribution >= 4 is 55.4 Å². The third-order valence-corrected chi connectivity index (χ3v) is 16.3. The van der Waals surface area contributed by atoms with E-state index < -0.39 is 7.14 Å². The lowest BCUT2D eigenvalue weighted by atomic mass is 9.77. The zero-order valence-electron chi connectivity index (χ0n) is 32.1. The van der Waals surface area contributed by atoms with Crippen molar-refractivity contribution < 1.29 is 4.57 Å². The topological polar surface area (TPSA) is 17.1 Å². The summed E-state index contributed by atoms with van der Waals surface area (Å²) in [5, 5.41) is 9.46. The highest BCUT2D eigenvalue weighted by molar-refractivity contribution is 7.86. The summed E-state index contributed by atoms with van der Waals surface area (Å²) in [6, 6.07) is 63.0. The molecule has 0 amide bonds. The van der Waals surface area contributed by atoms with Crippen LogP contribution >= 0.6 is 7.14 Å². The summed E-state index contributed by atoms with van der Waals surface area (Å²) in [5.74, 6) is 0. The zero-order chi connectivity index (χ0) is 38.0. The smallest absolute Gasteiger partial charge is 0.172 e. The Morgan fingerprint density at radius 3 is 1.32 bits per heavy atom. The fourth-order valence-corrected chi connectivity index (χ4v) is 13.6. The van der Waals surface area contributed by atoms with Gasteiger partial charge in [0.15, 0.2) is 7.14 Å². The van der Waals surface area contributed by atoms with Gasteiger partial charge in [-0.1, -0.05) is 198 Å². The highest BCUT2D eigenvalue weighted by Crippen LogP contribution is 2.60. The summed E-state index contributed by atoms with van der Waals surface area (Å²) in [7, 11) is -3.36. The van der Waals surface area contributed by atoms with Crippen molar-refractivity contribution in [3.05, 3.63) is 198 Å². The van der Waals surface area contributed by atoms with Gasteiger partial charge in [-0.05, 0) is 94.0 Å². The van der Waals surface area contributed by atoms with Crippen LogP contribution in [0.2, 0.25) is 0 Å². The van der Waals surface area contributed by atoms with Crippen LogP contribution in [-0.2, 0) is 15.4 Å². The Hall–Kier alpha value is -6.01. The summed E-state index contributed by atoms with van der Waals surface area (Å²) in [6.07, 6.45) is 0. The highest BCUT2D eigenvalue weighted by Gasteiger charge is 2.42. The Morgan fingerprint density at radius 1 is 0.357 bits per heavy atom. The largest absolute Gasteiger partial charge is 0.309 e. The predicted molar refractivity (Wildman–Crippen MR) is 239 cm³/mol. The van der Waals surface area contributed by atoms with Crippen molar-refractivity contribution in [2.75, 3.05) is 0 Å². The van der Waals surface area contributed by atoms with Crippen LogP contribution in [0, 0.1) is 0 Å². The molecule has 0 saturated carbocycles. The van der Waals surface area contributed by atoms with Gasteiger partial charge < -0.3 is 4.57 Å². The number of rotatable bonds is 4. The van der Waals surface area contributed by atoms with E-state index in [2.05, 4.69) is 143 Å². The third kappa shape index (κ3) is 4.30. The molecule has 268 valence electrons.